The Labute approximate surface area is 199 Å². The molecule has 0 saturated heterocycles. The molecule has 0 unspecified atom stereocenters. The van der Waals surface area contributed by atoms with Crippen LogP contribution in [0.1, 0.15) is 22.8 Å². The molecule has 0 atom stereocenters. The van der Waals surface area contributed by atoms with Crippen molar-refractivity contribution in [2.24, 2.45) is 0 Å². The third-order valence-corrected chi connectivity index (χ3v) is 5.24. The molecule has 9 heteroatoms. The number of carbonyl (C=O) groups is 1. The van der Waals surface area contributed by atoms with Crippen molar-refractivity contribution in [3.8, 4) is 17.2 Å². The zero-order chi connectivity index (χ0) is 24.6. The first-order valence-corrected chi connectivity index (χ1v) is 12.6. The van der Waals surface area contributed by atoms with Crippen molar-refractivity contribution < 1.29 is 27.4 Å². The predicted molar refractivity (Wildman–Crippen MR) is 133 cm³/mol. The van der Waals surface area contributed by atoms with Crippen molar-refractivity contribution in [3.05, 3.63) is 77.9 Å². The van der Waals surface area contributed by atoms with Gasteiger partial charge in [-0.2, -0.15) is 0 Å². The lowest BCUT2D eigenvalue weighted by Crippen LogP contribution is -2.14. The van der Waals surface area contributed by atoms with Crippen molar-refractivity contribution in [2.75, 3.05) is 36.1 Å². The molecule has 0 bridgehead atoms. The van der Waals surface area contributed by atoms with E-state index in [0.29, 0.717) is 48.3 Å². The van der Waals surface area contributed by atoms with E-state index in [1.807, 2.05) is 37.3 Å². The summed E-state index contributed by atoms with van der Waals surface area (Å²) in [6.45, 7) is 4.68. The van der Waals surface area contributed by atoms with Gasteiger partial charge in [0.1, 0.15) is 19.0 Å². The second-order valence-electron chi connectivity index (χ2n) is 7.46. The number of anilines is 2. The first-order valence-electron chi connectivity index (χ1n) is 10.7. The third-order valence-electron chi connectivity index (χ3n) is 4.65. The fraction of sp³-hybridized carbons (Fsp3) is 0.240. The van der Waals surface area contributed by atoms with Crippen LogP contribution in [0.4, 0.5) is 11.4 Å². The van der Waals surface area contributed by atoms with Gasteiger partial charge in [-0.1, -0.05) is 24.3 Å². The Balaban J connectivity index is 1.66. The number of carbonyl (C=O) groups excluding carboxylic acids is 1. The highest BCUT2D eigenvalue weighted by Gasteiger charge is 2.13. The quantitative estimate of drug-likeness (QED) is 0.389. The fourth-order valence-corrected chi connectivity index (χ4v) is 3.70. The summed E-state index contributed by atoms with van der Waals surface area (Å²) in [4.78, 5) is 12.8. The Morgan fingerprint density at radius 2 is 1.62 bits per heavy atom. The van der Waals surface area contributed by atoms with Gasteiger partial charge in [-0.15, -0.1) is 0 Å². The normalized spacial score (nSPS) is 10.9. The molecule has 8 nitrogen and oxygen atoms in total. The molecule has 1 amide bonds. The van der Waals surface area contributed by atoms with Gasteiger partial charge >= 0.3 is 0 Å². The molecule has 0 aromatic heterocycles. The van der Waals surface area contributed by atoms with Crippen LogP contribution in [0, 0.1) is 6.92 Å². The van der Waals surface area contributed by atoms with Crippen molar-refractivity contribution in [1.29, 1.82) is 0 Å². The number of rotatable bonds is 11. The minimum Gasteiger partial charge on any atom is -0.490 e. The number of nitrogens with one attached hydrogen (secondary N) is 2. The van der Waals surface area contributed by atoms with Crippen molar-refractivity contribution in [3.63, 3.8) is 0 Å². The monoisotopic (exact) mass is 484 g/mol. The summed E-state index contributed by atoms with van der Waals surface area (Å²) in [5.41, 5.74) is 1.96. The largest absolute Gasteiger partial charge is 0.490 e. The first kappa shape index (κ1) is 24.9. The van der Waals surface area contributed by atoms with Crippen LogP contribution in [0.3, 0.4) is 0 Å². The fourth-order valence-electron chi connectivity index (χ4n) is 3.08. The minimum atomic E-state index is -3.44. The predicted octanol–water partition coefficient (Wildman–Crippen LogP) is 4.48. The summed E-state index contributed by atoms with van der Waals surface area (Å²) in [7, 11) is -3.44. The molecule has 0 aliphatic rings. The molecule has 180 valence electrons. The maximum absolute atomic E-state index is 12.8. The highest BCUT2D eigenvalue weighted by molar-refractivity contribution is 7.92. The number of aryl methyl sites for hydroxylation is 1. The summed E-state index contributed by atoms with van der Waals surface area (Å²) in [5.74, 6) is 1.34. The van der Waals surface area contributed by atoms with E-state index >= 15 is 0 Å². The number of ether oxygens (including phenoxy) is 3. The van der Waals surface area contributed by atoms with E-state index in [9.17, 15) is 13.2 Å². The molecular formula is C25H28N2O6S. The van der Waals surface area contributed by atoms with Crippen LogP contribution in [0.5, 0.6) is 17.2 Å². The smallest absolute Gasteiger partial charge is 0.255 e. The van der Waals surface area contributed by atoms with E-state index in [1.54, 1.807) is 43.3 Å². The number of sulfonamides is 1. The molecule has 3 rings (SSSR count). The minimum absolute atomic E-state index is 0.306. The summed E-state index contributed by atoms with van der Waals surface area (Å²) >= 11 is 0. The number of benzene rings is 3. The maximum atomic E-state index is 12.8. The zero-order valence-electron chi connectivity index (χ0n) is 19.3. The lowest BCUT2D eigenvalue weighted by molar-refractivity contribution is 0.102. The molecule has 0 radical (unpaired) electrons. The van der Waals surface area contributed by atoms with Gasteiger partial charge in [-0.05, 0) is 61.9 Å². The number of hydrogen-bond donors (Lipinski definition) is 2. The summed E-state index contributed by atoms with van der Waals surface area (Å²) in [6.07, 6.45) is 1.07. The van der Waals surface area contributed by atoms with Crippen molar-refractivity contribution in [2.45, 2.75) is 13.8 Å². The van der Waals surface area contributed by atoms with E-state index in [-0.39, 0.29) is 5.91 Å². The Hall–Kier alpha value is -3.72. The Morgan fingerprint density at radius 3 is 2.32 bits per heavy atom. The lowest BCUT2D eigenvalue weighted by atomic mass is 10.1. The summed E-state index contributed by atoms with van der Waals surface area (Å²) in [6, 6.07) is 19.4. The lowest BCUT2D eigenvalue weighted by Gasteiger charge is -2.14. The van der Waals surface area contributed by atoms with E-state index in [0.717, 1.165) is 17.6 Å². The van der Waals surface area contributed by atoms with E-state index in [2.05, 4.69) is 10.0 Å². The van der Waals surface area contributed by atoms with Gasteiger partial charge in [0, 0.05) is 11.3 Å². The van der Waals surface area contributed by atoms with Crippen LogP contribution in [-0.4, -0.2) is 40.4 Å². The average Bonchev–Trinajstić information content (AvgIpc) is 2.79. The Morgan fingerprint density at radius 1 is 0.882 bits per heavy atom. The topological polar surface area (TPSA) is 103 Å². The van der Waals surface area contributed by atoms with E-state index in [4.69, 9.17) is 14.2 Å². The van der Waals surface area contributed by atoms with Crippen LogP contribution in [0.15, 0.2) is 66.7 Å². The van der Waals surface area contributed by atoms with Gasteiger partial charge in [0.15, 0.2) is 11.5 Å². The Bertz CT molecular complexity index is 1230. The van der Waals surface area contributed by atoms with Crippen LogP contribution in [0.25, 0.3) is 0 Å². The molecule has 0 aliphatic heterocycles. The summed E-state index contributed by atoms with van der Waals surface area (Å²) < 4.78 is 42.7. The molecule has 0 spiro atoms. The van der Waals surface area contributed by atoms with Crippen LogP contribution < -0.4 is 24.2 Å². The standard InChI is InChI=1S/C25H28N2O6S/c1-4-31-24-16-19(11-13-23(24)33-15-14-32-21-8-6-5-7-9-21)25(28)26-20-12-10-18(2)22(17-20)27-34(3,29)30/h5-13,16-17,27H,4,14-15H2,1-3H3,(H,26,28). The average molecular weight is 485 g/mol. The number of para-hydroxylation sites is 1. The van der Waals surface area contributed by atoms with Gasteiger partial charge in [0.05, 0.1) is 18.6 Å². The SMILES string of the molecule is CCOc1cc(C(=O)Nc2ccc(C)c(NS(C)(=O)=O)c2)ccc1OCCOc1ccccc1. The number of amides is 1. The second kappa shape index (κ2) is 11.4. The molecule has 3 aromatic rings. The van der Waals surface area contributed by atoms with Gasteiger partial charge in [0.25, 0.3) is 5.91 Å². The molecule has 3 aromatic carbocycles. The van der Waals surface area contributed by atoms with Crippen LogP contribution in [-0.2, 0) is 10.0 Å². The van der Waals surface area contributed by atoms with E-state index in [1.165, 1.54) is 0 Å². The van der Waals surface area contributed by atoms with Crippen molar-refractivity contribution in [1.82, 2.24) is 0 Å². The van der Waals surface area contributed by atoms with Gasteiger partial charge in [0.2, 0.25) is 10.0 Å². The highest BCUT2D eigenvalue weighted by Crippen LogP contribution is 2.29. The molecule has 0 saturated carbocycles. The van der Waals surface area contributed by atoms with E-state index < -0.39 is 10.0 Å². The Kier molecular flexibility index (Phi) is 8.37. The molecular weight excluding hydrogens is 456 g/mol. The molecule has 2 N–H and O–H groups in total. The molecule has 34 heavy (non-hydrogen) atoms. The van der Waals surface area contributed by atoms with Crippen molar-refractivity contribution >= 4 is 27.3 Å². The second-order valence-corrected chi connectivity index (χ2v) is 9.21. The number of hydrogen-bond acceptors (Lipinski definition) is 6. The maximum Gasteiger partial charge on any atom is 0.255 e. The van der Waals surface area contributed by atoms with Crippen LogP contribution in [0.2, 0.25) is 0 Å². The summed E-state index contributed by atoms with van der Waals surface area (Å²) in [5, 5.41) is 2.78. The molecule has 0 aliphatic carbocycles. The molecule has 0 heterocycles. The third kappa shape index (κ3) is 7.41. The van der Waals surface area contributed by atoms with Gasteiger partial charge in [-0.25, -0.2) is 8.42 Å². The highest BCUT2D eigenvalue weighted by atomic mass is 32.2. The zero-order valence-corrected chi connectivity index (χ0v) is 20.1. The van der Waals surface area contributed by atoms with Crippen LogP contribution >= 0.6 is 0 Å². The molecule has 0 fully saturated rings. The van der Waals surface area contributed by atoms with Gasteiger partial charge in [-0.3, -0.25) is 9.52 Å². The van der Waals surface area contributed by atoms with Gasteiger partial charge < -0.3 is 19.5 Å². The first-order chi connectivity index (χ1) is 16.2.